The summed E-state index contributed by atoms with van der Waals surface area (Å²) in [5.74, 6) is 1.39. The lowest BCUT2D eigenvalue weighted by atomic mass is 10.2. The largest absolute Gasteiger partial charge is 0.354 e. The van der Waals surface area contributed by atoms with E-state index in [1.807, 2.05) is 33.9 Å². The van der Waals surface area contributed by atoms with E-state index in [0.717, 1.165) is 5.56 Å². The number of amides is 1. The molecule has 1 atom stereocenters. The molecule has 0 radical (unpaired) electrons. The molecular weight excluding hydrogens is 270 g/mol. The lowest BCUT2D eigenvalue weighted by molar-refractivity contribution is -0.124. The van der Waals surface area contributed by atoms with Crippen molar-refractivity contribution in [2.75, 3.05) is 6.54 Å². The normalized spacial score (nSPS) is 12.6. The number of nitrogens with one attached hydrogen (secondary N) is 1. The standard InChI is InChI=1S/C14H21N5O2/c1-9(2)13-17-12(21-18-13)5-6-15-14(20)11(4)19-8-10(3)7-16-19/h7-9,11H,5-6H2,1-4H3,(H,15,20)/t11-/m0/s1. The van der Waals surface area contributed by atoms with E-state index < -0.39 is 0 Å². The maximum absolute atomic E-state index is 12.0. The molecule has 0 aliphatic rings. The van der Waals surface area contributed by atoms with E-state index in [2.05, 4.69) is 20.6 Å². The highest BCUT2D eigenvalue weighted by molar-refractivity contribution is 5.79. The second-order valence-corrected chi connectivity index (χ2v) is 5.42. The zero-order valence-electron chi connectivity index (χ0n) is 12.8. The predicted octanol–water partition coefficient (Wildman–Crippen LogP) is 1.62. The molecule has 2 aromatic rings. The quantitative estimate of drug-likeness (QED) is 0.874. The van der Waals surface area contributed by atoms with Gasteiger partial charge in [-0.1, -0.05) is 19.0 Å². The summed E-state index contributed by atoms with van der Waals surface area (Å²) in [5.41, 5.74) is 1.03. The minimum absolute atomic E-state index is 0.0818. The van der Waals surface area contributed by atoms with Crippen molar-refractivity contribution in [2.45, 2.75) is 46.1 Å². The molecule has 114 valence electrons. The summed E-state index contributed by atoms with van der Waals surface area (Å²) in [5, 5.41) is 10.9. The van der Waals surface area contributed by atoms with E-state index in [-0.39, 0.29) is 17.9 Å². The van der Waals surface area contributed by atoms with Gasteiger partial charge in [-0.25, -0.2) is 0 Å². The van der Waals surface area contributed by atoms with Crippen LogP contribution in [0.5, 0.6) is 0 Å². The Hall–Kier alpha value is -2.18. The van der Waals surface area contributed by atoms with Crippen LogP contribution in [0, 0.1) is 6.92 Å². The van der Waals surface area contributed by atoms with Crippen LogP contribution in [0.2, 0.25) is 0 Å². The lowest BCUT2D eigenvalue weighted by Gasteiger charge is -2.11. The second-order valence-electron chi connectivity index (χ2n) is 5.42. The summed E-state index contributed by atoms with van der Waals surface area (Å²) in [7, 11) is 0. The SMILES string of the molecule is Cc1cnn([C@@H](C)C(=O)NCCc2nc(C(C)C)no2)c1. The number of carbonyl (C=O) groups excluding carboxylic acids is 1. The van der Waals surface area contributed by atoms with Crippen molar-refractivity contribution in [2.24, 2.45) is 0 Å². The van der Waals surface area contributed by atoms with Crippen molar-refractivity contribution >= 4 is 5.91 Å². The molecule has 0 aliphatic carbocycles. The van der Waals surface area contributed by atoms with Gasteiger partial charge in [0.25, 0.3) is 0 Å². The molecule has 1 N–H and O–H groups in total. The maximum atomic E-state index is 12.0. The first-order valence-corrected chi connectivity index (χ1v) is 7.08. The predicted molar refractivity (Wildman–Crippen MR) is 76.8 cm³/mol. The topological polar surface area (TPSA) is 85.8 Å². The van der Waals surface area contributed by atoms with Gasteiger partial charge in [-0.3, -0.25) is 9.48 Å². The van der Waals surface area contributed by atoms with Crippen molar-refractivity contribution in [3.05, 3.63) is 29.7 Å². The molecule has 7 heteroatoms. The second kappa shape index (κ2) is 6.51. The third kappa shape index (κ3) is 3.90. The Morgan fingerprint density at radius 1 is 1.43 bits per heavy atom. The summed E-state index contributed by atoms with van der Waals surface area (Å²) in [4.78, 5) is 16.3. The van der Waals surface area contributed by atoms with Crippen LogP contribution in [0.15, 0.2) is 16.9 Å². The highest BCUT2D eigenvalue weighted by Gasteiger charge is 2.15. The van der Waals surface area contributed by atoms with Crippen LogP contribution < -0.4 is 5.32 Å². The van der Waals surface area contributed by atoms with Crippen LogP contribution in [0.3, 0.4) is 0 Å². The molecule has 2 aromatic heterocycles. The van der Waals surface area contributed by atoms with Crippen LogP contribution >= 0.6 is 0 Å². The minimum Gasteiger partial charge on any atom is -0.354 e. The summed E-state index contributed by atoms with van der Waals surface area (Å²) in [6.07, 6.45) is 4.10. The smallest absolute Gasteiger partial charge is 0.244 e. The first-order chi connectivity index (χ1) is 9.97. The molecule has 7 nitrogen and oxygen atoms in total. The monoisotopic (exact) mass is 291 g/mol. The number of carbonyl (C=O) groups is 1. The Labute approximate surface area is 123 Å². The first-order valence-electron chi connectivity index (χ1n) is 7.08. The lowest BCUT2D eigenvalue weighted by Crippen LogP contribution is -2.32. The molecule has 0 saturated heterocycles. The number of hydrogen-bond acceptors (Lipinski definition) is 5. The third-order valence-electron chi connectivity index (χ3n) is 3.15. The average molecular weight is 291 g/mol. The number of hydrogen-bond donors (Lipinski definition) is 1. The molecule has 2 rings (SSSR count). The van der Waals surface area contributed by atoms with E-state index >= 15 is 0 Å². The van der Waals surface area contributed by atoms with Gasteiger partial charge in [0, 0.05) is 25.1 Å². The molecule has 0 bridgehead atoms. The van der Waals surface area contributed by atoms with Crippen LogP contribution in [-0.4, -0.2) is 32.4 Å². The van der Waals surface area contributed by atoms with Gasteiger partial charge in [0.1, 0.15) is 6.04 Å². The summed E-state index contributed by atoms with van der Waals surface area (Å²) in [6.45, 7) is 8.22. The number of rotatable bonds is 6. The highest BCUT2D eigenvalue weighted by Crippen LogP contribution is 2.10. The van der Waals surface area contributed by atoms with Gasteiger partial charge in [-0.15, -0.1) is 0 Å². The fourth-order valence-corrected chi connectivity index (χ4v) is 1.81. The number of aryl methyl sites for hydroxylation is 1. The molecule has 0 aliphatic heterocycles. The zero-order chi connectivity index (χ0) is 15.4. The molecule has 0 saturated carbocycles. The van der Waals surface area contributed by atoms with E-state index in [1.165, 1.54) is 0 Å². The van der Waals surface area contributed by atoms with Gasteiger partial charge >= 0.3 is 0 Å². The van der Waals surface area contributed by atoms with Crippen molar-refractivity contribution in [1.29, 1.82) is 0 Å². The third-order valence-corrected chi connectivity index (χ3v) is 3.15. The van der Waals surface area contributed by atoms with Gasteiger partial charge in [0.15, 0.2) is 5.82 Å². The molecule has 2 heterocycles. The van der Waals surface area contributed by atoms with Crippen molar-refractivity contribution in [3.63, 3.8) is 0 Å². The Morgan fingerprint density at radius 3 is 2.76 bits per heavy atom. The molecule has 21 heavy (non-hydrogen) atoms. The van der Waals surface area contributed by atoms with Crippen LogP contribution in [0.4, 0.5) is 0 Å². The van der Waals surface area contributed by atoms with E-state index in [9.17, 15) is 4.79 Å². The summed E-state index contributed by atoms with van der Waals surface area (Å²) >= 11 is 0. The zero-order valence-corrected chi connectivity index (χ0v) is 12.8. The fourth-order valence-electron chi connectivity index (χ4n) is 1.81. The van der Waals surface area contributed by atoms with E-state index in [4.69, 9.17) is 4.52 Å². The van der Waals surface area contributed by atoms with Crippen molar-refractivity contribution in [3.8, 4) is 0 Å². The molecule has 0 fully saturated rings. The molecule has 0 unspecified atom stereocenters. The van der Waals surface area contributed by atoms with Crippen molar-refractivity contribution in [1.82, 2.24) is 25.2 Å². The Kier molecular flexibility index (Phi) is 4.72. The fraction of sp³-hybridized carbons (Fsp3) is 0.571. The minimum atomic E-state index is -0.340. The molecule has 1 amide bonds. The number of aromatic nitrogens is 4. The Bertz CT molecular complexity index is 602. The first kappa shape index (κ1) is 15.2. The molecular formula is C14H21N5O2. The number of nitrogens with zero attached hydrogens (tertiary/aromatic N) is 4. The van der Waals surface area contributed by atoms with Gasteiger partial charge in [-0.2, -0.15) is 10.1 Å². The van der Waals surface area contributed by atoms with Gasteiger partial charge < -0.3 is 9.84 Å². The molecule has 0 aromatic carbocycles. The Balaban J connectivity index is 1.81. The van der Waals surface area contributed by atoms with Crippen LogP contribution in [0.1, 0.15) is 50.0 Å². The van der Waals surface area contributed by atoms with E-state index in [0.29, 0.717) is 24.7 Å². The average Bonchev–Trinajstić information content (AvgIpc) is 3.07. The van der Waals surface area contributed by atoms with Crippen molar-refractivity contribution < 1.29 is 9.32 Å². The van der Waals surface area contributed by atoms with Gasteiger partial charge in [0.2, 0.25) is 11.8 Å². The summed E-state index contributed by atoms with van der Waals surface area (Å²) < 4.78 is 6.77. The van der Waals surface area contributed by atoms with Crippen LogP contribution in [-0.2, 0) is 11.2 Å². The Morgan fingerprint density at radius 2 is 2.19 bits per heavy atom. The summed E-state index contributed by atoms with van der Waals surface area (Å²) in [6, 6.07) is -0.340. The van der Waals surface area contributed by atoms with Gasteiger partial charge in [0.05, 0.1) is 6.20 Å². The van der Waals surface area contributed by atoms with Crippen LogP contribution in [0.25, 0.3) is 0 Å². The molecule has 0 spiro atoms. The highest BCUT2D eigenvalue weighted by atomic mass is 16.5. The van der Waals surface area contributed by atoms with E-state index in [1.54, 1.807) is 10.9 Å². The van der Waals surface area contributed by atoms with Gasteiger partial charge in [-0.05, 0) is 19.4 Å². The maximum Gasteiger partial charge on any atom is 0.244 e.